The molecule has 3 rings (SSSR count). The molecule has 0 saturated heterocycles. The fourth-order valence-corrected chi connectivity index (χ4v) is 2.56. The van der Waals surface area contributed by atoms with Crippen molar-refractivity contribution in [1.29, 1.82) is 0 Å². The van der Waals surface area contributed by atoms with Crippen molar-refractivity contribution in [1.82, 2.24) is 4.90 Å². The number of hydrogen-bond donors (Lipinski definition) is 0. The molecule has 134 valence electrons. The van der Waals surface area contributed by atoms with Crippen LogP contribution >= 0.6 is 0 Å². The van der Waals surface area contributed by atoms with Gasteiger partial charge in [-0.1, -0.05) is 30.3 Å². The Labute approximate surface area is 151 Å². The number of amides is 1. The summed E-state index contributed by atoms with van der Waals surface area (Å²) in [5.41, 5.74) is 1.37. The summed E-state index contributed by atoms with van der Waals surface area (Å²) in [4.78, 5) is 14.0. The van der Waals surface area contributed by atoms with Crippen LogP contribution in [0.1, 0.15) is 16.1 Å². The summed E-state index contributed by atoms with van der Waals surface area (Å²) in [5, 5.41) is 0. The first-order chi connectivity index (χ1) is 12.6. The zero-order valence-electron chi connectivity index (χ0n) is 14.7. The number of hydrogen-bond acceptors (Lipinski definition) is 3. The maximum atomic E-state index is 13.8. The Morgan fingerprint density at radius 1 is 1.08 bits per heavy atom. The standard InChI is InChI=1S/C21H20FNO3/c1-15-7-3-6-10-18(15)25-14-13-23(2)21(24)20-12-11-19(26-20)16-8-4-5-9-17(16)22/h3-12H,13-14H2,1-2H3. The van der Waals surface area contributed by atoms with Crippen LogP contribution in [0.5, 0.6) is 5.75 Å². The van der Waals surface area contributed by atoms with Crippen LogP contribution < -0.4 is 4.74 Å². The van der Waals surface area contributed by atoms with Crippen molar-refractivity contribution in [3.05, 3.63) is 77.8 Å². The molecule has 0 radical (unpaired) electrons. The van der Waals surface area contributed by atoms with E-state index < -0.39 is 0 Å². The third-order valence-electron chi connectivity index (χ3n) is 4.08. The number of benzene rings is 2. The SMILES string of the molecule is Cc1ccccc1OCCN(C)C(=O)c1ccc(-c2ccccc2F)o1. The summed E-state index contributed by atoms with van der Waals surface area (Å²) >= 11 is 0. The fourth-order valence-electron chi connectivity index (χ4n) is 2.56. The van der Waals surface area contributed by atoms with Crippen molar-refractivity contribution in [2.75, 3.05) is 20.2 Å². The monoisotopic (exact) mass is 353 g/mol. The van der Waals surface area contributed by atoms with E-state index in [0.29, 0.717) is 24.5 Å². The van der Waals surface area contributed by atoms with Gasteiger partial charge >= 0.3 is 0 Å². The third kappa shape index (κ3) is 3.94. The number of furan rings is 1. The van der Waals surface area contributed by atoms with Gasteiger partial charge < -0.3 is 14.1 Å². The lowest BCUT2D eigenvalue weighted by molar-refractivity contribution is 0.0743. The number of likely N-dealkylation sites (N-methyl/N-ethyl adjacent to an activating group) is 1. The Bertz CT molecular complexity index is 904. The Hall–Kier alpha value is -3.08. The van der Waals surface area contributed by atoms with E-state index in [1.807, 2.05) is 31.2 Å². The number of aryl methyl sites for hydroxylation is 1. The molecule has 1 heterocycles. The number of nitrogens with zero attached hydrogens (tertiary/aromatic N) is 1. The molecule has 2 aromatic carbocycles. The van der Waals surface area contributed by atoms with Crippen molar-refractivity contribution >= 4 is 5.91 Å². The number of ether oxygens (including phenoxy) is 1. The minimum absolute atomic E-state index is 0.168. The summed E-state index contributed by atoms with van der Waals surface area (Å²) < 4.78 is 25.1. The smallest absolute Gasteiger partial charge is 0.289 e. The number of rotatable bonds is 6. The number of carbonyl (C=O) groups is 1. The van der Waals surface area contributed by atoms with Crippen LogP contribution in [-0.2, 0) is 0 Å². The molecular weight excluding hydrogens is 333 g/mol. The average Bonchev–Trinajstić information content (AvgIpc) is 3.12. The second kappa shape index (κ2) is 7.87. The van der Waals surface area contributed by atoms with Gasteiger partial charge in [-0.3, -0.25) is 4.79 Å². The highest BCUT2D eigenvalue weighted by Gasteiger charge is 2.17. The summed E-state index contributed by atoms with van der Waals surface area (Å²) in [6.45, 7) is 2.74. The van der Waals surface area contributed by atoms with Gasteiger partial charge in [-0.2, -0.15) is 0 Å². The molecule has 0 unspecified atom stereocenters. The van der Waals surface area contributed by atoms with E-state index in [-0.39, 0.29) is 17.5 Å². The van der Waals surface area contributed by atoms with Gasteiger partial charge in [0, 0.05) is 7.05 Å². The predicted octanol–water partition coefficient (Wildman–Crippen LogP) is 4.55. The molecule has 4 nitrogen and oxygen atoms in total. The molecule has 5 heteroatoms. The zero-order chi connectivity index (χ0) is 18.5. The molecule has 0 aliphatic carbocycles. The van der Waals surface area contributed by atoms with Crippen LogP contribution in [0.25, 0.3) is 11.3 Å². The summed E-state index contributed by atoms with van der Waals surface area (Å²) in [5.74, 6) is 0.632. The first kappa shape index (κ1) is 17.7. The average molecular weight is 353 g/mol. The fraction of sp³-hybridized carbons (Fsp3) is 0.190. The Kier molecular flexibility index (Phi) is 5.37. The third-order valence-corrected chi connectivity index (χ3v) is 4.08. The molecule has 0 aliphatic rings. The quantitative estimate of drug-likeness (QED) is 0.653. The summed E-state index contributed by atoms with van der Waals surface area (Å²) in [6.07, 6.45) is 0. The number of halogens is 1. The van der Waals surface area contributed by atoms with Crippen molar-refractivity contribution in [2.24, 2.45) is 0 Å². The molecule has 3 aromatic rings. The highest BCUT2D eigenvalue weighted by atomic mass is 19.1. The second-order valence-corrected chi connectivity index (χ2v) is 5.98. The van der Waals surface area contributed by atoms with Gasteiger partial charge in [-0.05, 0) is 42.8 Å². The lowest BCUT2D eigenvalue weighted by atomic mass is 10.1. The number of carbonyl (C=O) groups excluding carboxylic acids is 1. The van der Waals surface area contributed by atoms with Crippen LogP contribution in [0, 0.1) is 12.7 Å². The van der Waals surface area contributed by atoms with Gasteiger partial charge in [0.1, 0.15) is 23.9 Å². The normalized spacial score (nSPS) is 10.6. The van der Waals surface area contributed by atoms with Crippen molar-refractivity contribution in [3.63, 3.8) is 0 Å². The molecule has 1 amide bonds. The van der Waals surface area contributed by atoms with Gasteiger partial charge in [0.05, 0.1) is 12.1 Å². The second-order valence-electron chi connectivity index (χ2n) is 5.98. The minimum Gasteiger partial charge on any atom is -0.491 e. The molecule has 0 spiro atoms. The van der Waals surface area contributed by atoms with E-state index in [1.165, 1.54) is 11.0 Å². The Morgan fingerprint density at radius 3 is 2.58 bits per heavy atom. The highest BCUT2D eigenvalue weighted by Crippen LogP contribution is 2.25. The predicted molar refractivity (Wildman–Crippen MR) is 97.7 cm³/mol. The molecule has 0 saturated carbocycles. The zero-order valence-corrected chi connectivity index (χ0v) is 14.7. The van der Waals surface area contributed by atoms with Crippen molar-refractivity contribution < 1.29 is 18.3 Å². The molecule has 0 N–H and O–H groups in total. The maximum absolute atomic E-state index is 13.8. The summed E-state index contributed by atoms with van der Waals surface area (Å²) in [7, 11) is 1.68. The maximum Gasteiger partial charge on any atom is 0.289 e. The van der Waals surface area contributed by atoms with Crippen LogP contribution in [0.4, 0.5) is 4.39 Å². The van der Waals surface area contributed by atoms with E-state index in [2.05, 4.69) is 0 Å². The molecule has 0 aliphatic heterocycles. The van der Waals surface area contributed by atoms with E-state index >= 15 is 0 Å². The molecule has 0 fully saturated rings. The van der Waals surface area contributed by atoms with Crippen LogP contribution in [0.3, 0.4) is 0 Å². The van der Waals surface area contributed by atoms with Gasteiger partial charge in [0.25, 0.3) is 5.91 Å². The molecule has 0 bridgehead atoms. The highest BCUT2D eigenvalue weighted by molar-refractivity contribution is 5.92. The van der Waals surface area contributed by atoms with Crippen LogP contribution in [0.15, 0.2) is 65.1 Å². The molecule has 0 atom stereocenters. The first-order valence-electron chi connectivity index (χ1n) is 8.35. The summed E-state index contributed by atoms with van der Waals surface area (Å²) in [6, 6.07) is 17.2. The first-order valence-corrected chi connectivity index (χ1v) is 8.35. The van der Waals surface area contributed by atoms with E-state index in [9.17, 15) is 9.18 Å². The van der Waals surface area contributed by atoms with Crippen LogP contribution in [0.2, 0.25) is 0 Å². The Morgan fingerprint density at radius 2 is 1.81 bits per heavy atom. The Balaban J connectivity index is 1.61. The molecular formula is C21H20FNO3. The van der Waals surface area contributed by atoms with Gasteiger partial charge in [0.2, 0.25) is 0 Å². The van der Waals surface area contributed by atoms with Crippen LogP contribution in [-0.4, -0.2) is 31.0 Å². The minimum atomic E-state index is -0.388. The van der Waals surface area contributed by atoms with Gasteiger partial charge in [-0.15, -0.1) is 0 Å². The van der Waals surface area contributed by atoms with E-state index in [1.54, 1.807) is 37.4 Å². The van der Waals surface area contributed by atoms with Gasteiger partial charge in [-0.25, -0.2) is 4.39 Å². The van der Waals surface area contributed by atoms with Crippen molar-refractivity contribution in [2.45, 2.75) is 6.92 Å². The topological polar surface area (TPSA) is 42.7 Å². The van der Waals surface area contributed by atoms with E-state index in [4.69, 9.17) is 9.15 Å². The lowest BCUT2D eigenvalue weighted by Gasteiger charge is -2.16. The van der Waals surface area contributed by atoms with E-state index in [0.717, 1.165) is 11.3 Å². The number of para-hydroxylation sites is 1. The van der Waals surface area contributed by atoms with Crippen molar-refractivity contribution in [3.8, 4) is 17.1 Å². The molecule has 1 aromatic heterocycles. The molecule has 26 heavy (non-hydrogen) atoms. The largest absolute Gasteiger partial charge is 0.491 e. The van der Waals surface area contributed by atoms with Gasteiger partial charge in [0.15, 0.2) is 5.76 Å². The lowest BCUT2D eigenvalue weighted by Crippen LogP contribution is -2.30.